The SMILES string of the molecule is Cc1cccc(COc2cnn(C(C)C)c2)c1. The van der Waals surface area contributed by atoms with E-state index in [0.717, 1.165) is 5.75 Å². The lowest BCUT2D eigenvalue weighted by Gasteiger charge is -2.05. The number of nitrogens with zero attached hydrogens (tertiary/aromatic N) is 2. The Hall–Kier alpha value is -1.77. The second-order valence-electron chi connectivity index (χ2n) is 4.53. The van der Waals surface area contributed by atoms with Crippen molar-refractivity contribution in [1.29, 1.82) is 0 Å². The highest BCUT2D eigenvalue weighted by atomic mass is 16.5. The molecule has 0 spiro atoms. The third-order valence-electron chi connectivity index (χ3n) is 2.59. The van der Waals surface area contributed by atoms with E-state index in [-0.39, 0.29) is 0 Å². The van der Waals surface area contributed by atoms with Gasteiger partial charge in [0.25, 0.3) is 0 Å². The van der Waals surface area contributed by atoms with Crippen LogP contribution in [0.1, 0.15) is 31.0 Å². The Morgan fingerprint density at radius 1 is 1.35 bits per heavy atom. The highest BCUT2D eigenvalue weighted by molar-refractivity contribution is 5.22. The van der Waals surface area contributed by atoms with Gasteiger partial charge in [-0.25, -0.2) is 0 Å². The van der Waals surface area contributed by atoms with E-state index in [1.807, 2.05) is 16.9 Å². The number of rotatable bonds is 4. The molecule has 0 atom stereocenters. The quantitative estimate of drug-likeness (QED) is 0.805. The maximum absolute atomic E-state index is 5.69. The normalized spacial score (nSPS) is 10.8. The van der Waals surface area contributed by atoms with Crippen molar-refractivity contribution in [2.45, 2.75) is 33.4 Å². The predicted molar refractivity (Wildman–Crippen MR) is 68.1 cm³/mol. The van der Waals surface area contributed by atoms with Crippen LogP contribution in [0.2, 0.25) is 0 Å². The molecule has 0 unspecified atom stereocenters. The lowest BCUT2D eigenvalue weighted by Crippen LogP contribution is -2.00. The van der Waals surface area contributed by atoms with Crippen molar-refractivity contribution in [1.82, 2.24) is 9.78 Å². The van der Waals surface area contributed by atoms with Crippen LogP contribution in [0.25, 0.3) is 0 Å². The van der Waals surface area contributed by atoms with Gasteiger partial charge in [-0.2, -0.15) is 5.10 Å². The Balaban J connectivity index is 1.97. The minimum absolute atomic E-state index is 0.367. The van der Waals surface area contributed by atoms with E-state index in [1.54, 1.807) is 6.20 Å². The fourth-order valence-electron chi connectivity index (χ4n) is 1.65. The highest BCUT2D eigenvalue weighted by Crippen LogP contribution is 2.14. The molecule has 0 bridgehead atoms. The smallest absolute Gasteiger partial charge is 0.157 e. The first-order valence-electron chi connectivity index (χ1n) is 5.87. The molecule has 3 nitrogen and oxygen atoms in total. The van der Waals surface area contributed by atoms with E-state index in [4.69, 9.17) is 4.74 Å². The number of benzene rings is 1. The molecule has 0 aliphatic carbocycles. The Kier molecular flexibility index (Phi) is 3.47. The fraction of sp³-hybridized carbons (Fsp3) is 0.357. The Morgan fingerprint density at radius 2 is 2.18 bits per heavy atom. The number of aryl methyl sites for hydroxylation is 1. The molecule has 90 valence electrons. The summed E-state index contributed by atoms with van der Waals surface area (Å²) in [5.74, 6) is 0.820. The van der Waals surface area contributed by atoms with Crippen molar-refractivity contribution in [2.75, 3.05) is 0 Å². The Labute approximate surface area is 102 Å². The maximum Gasteiger partial charge on any atom is 0.157 e. The molecular formula is C14H18N2O. The zero-order valence-corrected chi connectivity index (χ0v) is 10.6. The molecule has 1 heterocycles. The van der Waals surface area contributed by atoms with Gasteiger partial charge >= 0.3 is 0 Å². The van der Waals surface area contributed by atoms with Crippen LogP contribution in [0, 0.1) is 6.92 Å². The maximum atomic E-state index is 5.69. The summed E-state index contributed by atoms with van der Waals surface area (Å²) in [5, 5.41) is 4.24. The van der Waals surface area contributed by atoms with Crippen LogP contribution in [0.15, 0.2) is 36.7 Å². The molecule has 1 aromatic carbocycles. The van der Waals surface area contributed by atoms with Gasteiger partial charge in [0.05, 0.1) is 12.4 Å². The third-order valence-corrected chi connectivity index (χ3v) is 2.59. The summed E-state index contributed by atoms with van der Waals surface area (Å²) in [5.41, 5.74) is 2.44. The van der Waals surface area contributed by atoms with Crippen LogP contribution < -0.4 is 4.74 Å². The van der Waals surface area contributed by atoms with E-state index >= 15 is 0 Å². The summed E-state index contributed by atoms with van der Waals surface area (Å²) >= 11 is 0. The zero-order chi connectivity index (χ0) is 12.3. The molecule has 0 radical (unpaired) electrons. The minimum Gasteiger partial charge on any atom is -0.486 e. The minimum atomic E-state index is 0.367. The average molecular weight is 230 g/mol. The van der Waals surface area contributed by atoms with Crippen molar-refractivity contribution in [2.24, 2.45) is 0 Å². The second kappa shape index (κ2) is 5.04. The third kappa shape index (κ3) is 3.09. The van der Waals surface area contributed by atoms with Crippen LogP contribution in [-0.4, -0.2) is 9.78 Å². The summed E-state index contributed by atoms with van der Waals surface area (Å²) in [6.07, 6.45) is 3.69. The monoisotopic (exact) mass is 230 g/mol. The summed E-state index contributed by atoms with van der Waals surface area (Å²) in [4.78, 5) is 0. The van der Waals surface area contributed by atoms with Gasteiger partial charge in [0, 0.05) is 6.04 Å². The van der Waals surface area contributed by atoms with Crippen LogP contribution in [0.4, 0.5) is 0 Å². The van der Waals surface area contributed by atoms with Crippen molar-refractivity contribution in [3.63, 3.8) is 0 Å². The standard InChI is InChI=1S/C14H18N2O/c1-11(2)16-9-14(8-15-16)17-10-13-6-4-5-12(3)7-13/h4-9,11H,10H2,1-3H3. The van der Waals surface area contributed by atoms with Gasteiger partial charge in [0.15, 0.2) is 5.75 Å². The average Bonchev–Trinajstić information content (AvgIpc) is 2.75. The molecule has 0 amide bonds. The summed E-state index contributed by atoms with van der Waals surface area (Å²) < 4.78 is 7.59. The molecule has 0 fully saturated rings. The first-order valence-corrected chi connectivity index (χ1v) is 5.87. The van der Waals surface area contributed by atoms with E-state index in [2.05, 4.69) is 44.1 Å². The molecule has 2 rings (SSSR count). The van der Waals surface area contributed by atoms with Gasteiger partial charge in [-0.3, -0.25) is 4.68 Å². The van der Waals surface area contributed by atoms with Crippen molar-refractivity contribution in [3.05, 3.63) is 47.8 Å². The lowest BCUT2D eigenvalue weighted by molar-refractivity contribution is 0.305. The van der Waals surface area contributed by atoms with Crippen LogP contribution >= 0.6 is 0 Å². The molecule has 0 aliphatic heterocycles. The van der Waals surface area contributed by atoms with Crippen molar-refractivity contribution < 1.29 is 4.74 Å². The van der Waals surface area contributed by atoms with Gasteiger partial charge in [0.1, 0.15) is 6.61 Å². The van der Waals surface area contributed by atoms with Gasteiger partial charge < -0.3 is 4.74 Å². The van der Waals surface area contributed by atoms with Crippen molar-refractivity contribution in [3.8, 4) is 5.75 Å². The first kappa shape index (κ1) is 11.7. The first-order chi connectivity index (χ1) is 8.15. The molecule has 2 aromatic rings. The summed E-state index contributed by atoms with van der Waals surface area (Å²) in [6, 6.07) is 8.70. The van der Waals surface area contributed by atoms with E-state index in [1.165, 1.54) is 11.1 Å². The predicted octanol–water partition coefficient (Wildman–Crippen LogP) is 3.35. The Bertz CT molecular complexity index is 488. The number of aromatic nitrogens is 2. The molecule has 1 aromatic heterocycles. The molecule has 0 aliphatic rings. The van der Waals surface area contributed by atoms with Gasteiger partial charge in [0.2, 0.25) is 0 Å². The van der Waals surface area contributed by atoms with Gasteiger partial charge in [-0.05, 0) is 26.3 Å². The van der Waals surface area contributed by atoms with E-state index < -0.39 is 0 Å². The van der Waals surface area contributed by atoms with Crippen LogP contribution in [-0.2, 0) is 6.61 Å². The molecule has 0 saturated heterocycles. The molecular weight excluding hydrogens is 212 g/mol. The zero-order valence-electron chi connectivity index (χ0n) is 10.6. The second-order valence-corrected chi connectivity index (χ2v) is 4.53. The molecule has 0 N–H and O–H groups in total. The van der Waals surface area contributed by atoms with Crippen LogP contribution in [0.5, 0.6) is 5.75 Å². The lowest BCUT2D eigenvalue weighted by atomic mass is 10.1. The molecule has 3 heteroatoms. The largest absolute Gasteiger partial charge is 0.486 e. The summed E-state index contributed by atoms with van der Waals surface area (Å²) in [6.45, 7) is 6.86. The number of hydrogen-bond donors (Lipinski definition) is 0. The number of hydrogen-bond acceptors (Lipinski definition) is 2. The molecule has 17 heavy (non-hydrogen) atoms. The highest BCUT2D eigenvalue weighted by Gasteiger charge is 2.02. The Morgan fingerprint density at radius 3 is 2.82 bits per heavy atom. The summed E-state index contributed by atoms with van der Waals surface area (Å²) in [7, 11) is 0. The van der Waals surface area contributed by atoms with E-state index in [9.17, 15) is 0 Å². The van der Waals surface area contributed by atoms with Crippen molar-refractivity contribution >= 4 is 0 Å². The fourth-order valence-corrected chi connectivity index (χ4v) is 1.65. The van der Waals surface area contributed by atoms with Crippen LogP contribution in [0.3, 0.4) is 0 Å². The topological polar surface area (TPSA) is 27.1 Å². The van der Waals surface area contributed by atoms with E-state index in [0.29, 0.717) is 12.6 Å². The van der Waals surface area contributed by atoms with Gasteiger partial charge in [-0.15, -0.1) is 0 Å². The molecule has 0 saturated carbocycles. The number of ether oxygens (including phenoxy) is 1. The van der Waals surface area contributed by atoms with Gasteiger partial charge in [-0.1, -0.05) is 29.8 Å².